The van der Waals surface area contributed by atoms with E-state index in [0.717, 1.165) is 17.1 Å². The molecule has 1 atom stereocenters. The molecule has 0 aromatic heterocycles. The van der Waals surface area contributed by atoms with E-state index < -0.39 is 0 Å². The predicted octanol–water partition coefficient (Wildman–Crippen LogP) is 5.42. The normalized spacial score (nSPS) is 12.7. The van der Waals surface area contributed by atoms with Crippen LogP contribution in [-0.4, -0.2) is 11.9 Å². The molecule has 1 unspecified atom stereocenters. The number of nitrogens with two attached hydrogens (primary N) is 1. The van der Waals surface area contributed by atoms with Gasteiger partial charge in [-0.25, -0.2) is 0 Å². The topological polar surface area (TPSA) is 29.3 Å². The first-order valence-electron chi connectivity index (χ1n) is 6.57. The van der Waals surface area contributed by atoms with Crippen LogP contribution in [0, 0.1) is 0 Å². The molecule has 0 radical (unpaired) electrons. The monoisotopic (exact) mass is 342 g/mol. The van der Waals surface area contributed by atoms with E-state index in [4.69, 9.17) is 40.5 Å². The highest BCUT2D eigenvalue weighted by Crippen LogP contribution is 2.30. The summed E-state index contributed by atoms with van der Waals surface area (Å²) in [5.41, 5.74) is 8.42. The van der Waals surface area contributed by atoms with Crippen LogP contribution in [-0.2, 0) is 6.54 Å². The number of halogens is 3. The molecule has 112 valence electrons. The summed E-state index contributed by atoms with van der Waals surface area (Å²) in [5.74, 6) is 0. The number of nitrogen functional groups attached to an aromatic ring is 1. The molecular formula is C16H17Cl3N2. The molecule has 2 aromatic rings. The zero-order valence-corrected chi connectivity index (χ0v) is 14.2. The fourth-order valence-corrected chi connectivity index (χ4v) is 2.81. The van der Waals surface area contributed by atoms with E-state index in [9.17, 15) is 0 Å². The molecule has 0 aliphatic rings. The van der Waals surface area contributed by atoms with Gasteiger partial charge in [-0.2, -0.15) is 0 Å². The van der Waals surface area contributed by atoms with E-state index in [0.29, 0.717) is 15.7 Å². The Bertz CT molecular complexity index is 603. The summed E-state index contributed by atoms with van der Waals surface area (Å²) >= 11 is 18.1. The Morgan fingerprint density at radius 1 is 1.05 bits per heavy atom. The van der Waals surface area contributed by atoms with E-state index in [1.165, 1.54) is 5.56 Å². The minimum absolute atomic E-state index is 0.248. The molecule has 0 saturated heterocycles. The first-order valence-corrected chi connectivity index (χ1v) is 7.71. The molecule has 0 bridgehead atoms. The summed E-state index contributed by atoms with van der Waals surface area (Å²) in [6.45, 7) is 2.87. The van der Waals surface area contributed by atoms with Crippen LogP contribution in [0.25, 0.3) is 0 Å². The van der Waals surface area contributed by atoms with Crippen LogP contribution in [0.4, 0.5) is 5.69 Å². The maximum Gasteiger partial charge on any atom is 0.0693 e. The maximum absolute atomic E-state index is 6.07. The Morgan fingerprint density at radius 2 is 1.57 bits per heavy atom. The van der Waals surface area contributed by atoms with E-state index in [2.05, 4.69) is 18.9 Å². The minimum Gasteiger partial charge on any atom is -0.396 e. The summed E-state index contributed by atoms with van der Waals surface area (Å²) < 4.78 is 0. The van der Waals surface area contributed by atoms with E-state index in [1.54, 1.807) is 0 Å². The Balaban J connectivity index is 2.13. The van der Waals surface area contributed by atoms with Gasteiger partial charge in [0.25, 0.3) is 0 Å². The Morgan fingerprint density at radius 3 is 2.10 bits per heavy atom. The molecule has 5 heteroatoms. The average Bonchev–Trinajstić information content (AvgIpc) is 2.44. The first-order chi connectivity index (χ1) is 9.88. The molecule has 0 aliphatic carbocycles. The van der Waals surface area contributed by atoms with Crippen LogP contribution in [0.15, 0.2) is 36.4 Å². The summed E-state index contributed by atoms with van der Waals surface area (Å²) in [6.07, 6.45) is 0. The minimum atomic E-state index is 0.248. The van der Waals surface area contributed by atoms with Crippen molar-refractivity contribution < 1.29 is 0 Å². The second-order valence-electron chi connectivity index (χ2n) is 5.12. The fraction of sp³-hybridized carbons (Fsp3) is 0.250. The van der Waals surface area contributed by atoms with Crippen LogP contribution in [0.3, 0.4) is 0 Å². The number of hydrogen-bond donors (Lipinski definition) is 1. The van der Waals surface area contributed by atoms with E-state index >= 15 is 0 Å². The van der Waals surface area contributed by atoms with Crippen molar-refractivity contribution in [3.63, 3.8) is 0 Å². The van der Waals surface area contributed by atoms with Crippen molar-refractivity contribution in [3.8, 4) is 0 Å². The van der Waals surface area contributed by atoms with Gasteiger partial charge in [-0.1, -0.05) is 46.9 Å². The third-order valence-corrected chi connectivity index (χ3v) is 4.46. The SMILES string of the molecule is CC(c1ccc(Cl)cc1)N(C)Cc1cc(Cl)c(N)c(Cl)c1. The molecule has 2 rings (SSSR count). The molecular weight excluding hydrogens is 327 g/mol. The van der Waals surface area contributed by atoms with Crippen molar-refractivity contribution in [2.24, 2.45) is 0 Å². The Labute approximate surface area is 140 Å². The van der Waals surface area contributed by atoms with Gasteiger partial charge in [0.05, 0.1) is 15.7 Å². The summed E-state index contributed by atoms with van der Waals surface area (Å²) in [4.78, 5) is 2.21. The molecule has 0 spiro atoms. The van der Waals surface area contributed by atoms with Gasteiger partial charge in [-0.05, 0) is 49.4 Å². The smallest absolute Gasteiger partial charge is 0.0693 e. The largest absolute Gasteiger partial charge is 0.396 e. The van der Waals surface area contributed by atoms with E-state index in [-0.39, 0.29) is 6.04 Å². The lowest BCUT2D eigenvalue weighted by atomic mass is 10.1. The second-order valence-corrected chi connectivity index (χ2v) is 6.37. The third-order valence-electron chi connectivity index (χ3n) is 3.58. The number of benzene rings is 2. The van der Waals surface area contributed by atoms with Crippen molar-refractivity contribution in [1.82, 2.24) is 4.90 Å². The second kappa shape index (κ2) is 6.89. The van der Waals surface area contributed by atoms with Crippen molar-refractivity contribution in [2.75, 3.05) is 12.8 Å². The van der Waals surface area contributed by atoms with Gasteiger partial charge in [0.1, 0.15) is 0 Å². The van der Waals surface area contributed by atoms with Crippen LogP contribution >= 0.6 is 34.8 Å². The lowest BCUT2D eigenvalue weighted by molar-refractivity contribution is 0.253. The lowest BCUT2D eigenvalue weighted by Gasteiger charge is -2.25. The highest BCUT2D eigenvalue weighted by atomic mass is 35.5. The van der Waals surface area contributed by atoms with Gasteiger partial charge >= 0.3 is 0 Å². The third kappa shape index (κ3) is 4.04. The standard InChI is InChI=1S/C16H17Cl3N2/c1-10(12-3-5-13(17)6-4-12)21(2)9-11-7-14(18)16(20)15(19)8-11/h3-8,10H,9,20H2,1-2H3. The van der Waals surface area contributed by atoms with Gasteiger partial charge in [0.2, 0.25) is 0 Å². The van der Waals surface area contributed by atoms with Crippen LogP contribution < -0.4 is 5.73 Å². The summed E-state index contributed by atoms with van der Waals surface area (Å²) in [6, 6.07) is 11.8. The first kappa shape index (κ1) is 16.4. The average molecular weight is 344 g/mol. The van der Waals surface area contributed by atoms with Crippen LogP contribution in [0.5, 0.6) is 0 Å². The molecule has 21 heavy (non-hydrogen) atoms. The zero-order valence-electron chi connectivity index (χ0n) is 11.9. The molecule has 0 fully saturated rings. The number of hydrogen-bond acceptors (Lipinski definition) is 2. The molecule has 0 aliphatic heterocycles. The number of nitrogens with zero attached hydrogens (tertiary/aromatic N) is 1. The highest BCUT2D eigenvalue weighted by molar-refractivity contribution is 6.38. The van der Waals surface area contributed by atoms with Crippen molar-refractivity contribution in [1.29, 1.82) is 0 Å². The molecule has 2 N–H and O–H groups in total. The quantitative estimate of drug-likeness (QED) is 0.751. The Hall–Kier alpha value is -0.930. The molecule has 0 saturated carbocycles. The van der Waals surface area contributed by atoms with Crippen LogP contribution in [0.2, 0.25) is 15.1 Å². The van der Waals surface area contributed by atoms with Gasteiger partial charge in [-0.15, -0.1) is 0 Å². The molecule has 0 amide bonds. The summed E-state index contributed by atoms with van der Waals surface area (Å²) in [7, 11) is 2.05. The molecule has 0 heterocycles. The number of anilines is 1. The number of rotatable bonds is 4. The predicted molar refractivity (Wildman–Crippen MR) is 92.2 cm³/mol. The zero-order chi connectivity index (χ0) is 15.6. The van der Waals surface area contributed by atoms with Gasteiger partial charge in [-0.3, -0.25) is 4.90 Å². The molecule has 2 aromatic carbocycles. The summed E-state index contributed by atoms with van der Waals surface area (Å²) in [5, 5.41) is 1.72. The van der Waals surface area contributed by atoms with Gasteiger partial charge in [0.15, 0.2) is 0 Å². The fourth-order valence-electron chi connectivity index (χ4n) is 2.15. The lowest BCUT2D eigenvalue weighted by Crippen LogP contribution is -2.22. The Kier molecular flexibility index (Phi) is 5.39. The van der Waals surface area contributed by atoms with Crippen molar-refractivity contribution >= 4 is 40.5 Å². The van der Waals surface area contributed by atoms with Gasteiger partial charge in [0, 0.05) is 17.6 Å². The van der Waals surface area contributed by atoms with Crippen molar-refractivity contribution in [3.05, 3.63) is 62.6 Å². The maximum atomic E-state index is 6.07. The van der Waals surface area contributed by atoms with Gasteiger partial charge < -0.3 is 5.73 Å². The van der Waals surface area contributed by atoms with Crippen molar-refractivity contribution in [2.45, 2.75) is 19.5 Å². The van der Waals surface area contributed by atoms with Crippen LogP contribution in [0.1, 0.15) is 24.1 Å². The van der Waals surface area contributed by atoms with E-state index in [1.807, 2.05) is 36.4 Å². The highest BCUT2D eigenvalue weighted by Gasteiger charge is 2.13. The molecule has 2 nitrogen and oxygen atoms in total.